The van der Waals surface area contributed by atoms with Gasteiger partial charge in [0.15, 0.2) is 3.92 Å². The van der Waals surface area contributed by atoms with Gasteiger partial charge in [-0.1, -0.05) is 11.3 Å². The van der Waals surface area contributed by atoms with Crippen molar-refractivity contribution in [2.75, 3.05) is 5.32 Å². The Kier molecular flexibility index (Phi) is 3.33. The molecular weight excluding hydrogens is 302 g/mol. The monoisotopic (exact) mass is 305 g/mol. The molecule has 1 N–H and O–H groups in total. The SMILES string of the molecule is N#Cc1ccc(Nc2nnc(Br)s2)cc1C#N. The van der Waals surface area contributed by atoms with Crippen LogP contribution in [-0.2, 0) is 0 Å². The quantitative estimate of drug-likeness (QED) is 0.922. The average molecular weight is 306 g/mol. The van der Waals surface area contributed by atoms with Crippen molar-refractivity contribution in [2.45, 2.75) is 0 Å². The number of rotatable bonds is 2. The lowest BCUT2D eigenvalue weighted by molar-refractivity contribution is 1.07. The van der Waals surface area contributed by atoms with Crippen LogP contribution in [0.5, 0.6) is 0 Å². The van der Waals surface area contributed by atoms with Crippen LogP contribution in [0.2, 0.25) is 0 Å². The van der Waals surface area contributed by atoms with Crippen molar-refractivity contribution in [3.63, 3.8) is 0 Å². The lowest BCUT2D eigenvalue weighted by Gasteiger charge is -2.02. The fourth-order valence-electron chi connectivity index (χ4n) is 1.19. The lowest BCUT2D eigenvalue weighted by atomic mass is 10.1. The van der Waals surface area contributed by atoms with E-state index in [1.54, 1.807) is 18.2 Å². The van der Waals surface area contributed by atoms with Gasteiger partial charge in [0, 0.05) is 5.69 Å². The van der Waals surface area contributed by atoms with Crippen LogP contribution < -0.4 is 5.32 Å². The molecule has 2 aromatic rings. The summed E-state index contributed by atoms with van der Waals surface area (Å²) in [5.74, 6) is 0. The summed E-state index contributed by atoms with van der Waals surface area (Å²) in [4.78, 5) is 0. The lowest BCUT2D eigenvalue weighted by Crippen LogP contribution is -1.92. The minimum atomic E-state index is 0.334. The topological polar surface area (TPSA) is 85.4 Å². The fraction of sp³-hybridized carbons (Fsp3) is 0. The molecule has 1 aromatic carbocycles. The van der Waals surface area contributed by atoms with E-state index in [0.29, 0.717) is 25.9 Å². The summed E-state index contributed by atoms with van der Waals surface area (Å²) in [5, 5.41) is 29.0. The second-order valence-corrected chi connectivity index (χ2v) is 5.22. The van der Waals surface area contributed by atoms with Gasteiger partial charge in [-0.25, -0.2) is 0 Å². The van der Waals surface area contributed by atoms with E-state index in [9.17, 15) is 0 Å². The van der Waals surface area contributed by atoms with Gasteiger partial charge in [-0.3, -0.25) is 0 Å². The van der Waals surface area contributed by atoms with Gasteiger partial charge in [0.2, 0.25) is 5.13 Å². The fourth-order valence-corrected chi connectivity index (χ4v) is 2.22. The van der Waals surface area contributed by atoms with Crippen molar-refractivity contribution in [2.24, 2.45) is 0 Å². The molecule has 17 heavy (non-hydrogen) atoms. The molecule has 0 fully saturated rings. The third-order valence-corrected chi connectivity index (χ3v) is 3.18. The molecule has 0 spiro atoms. The maximum atomic E-state index is 8.88. The molecule has 0 atom stereocenters. The first-order valence-corrected chi connectivity index (χ1v) is 6.04. The van der Waals surface area contributed by atoms with Crippen LogP contribution in [0.4, 0.5) is 10.8 Å². The van der Waals surface area contributed by atoms with E-state index in [1.165, 1.54) is 11.3 Å². The minimum absolute atomic E-state index is 0.334. The first-order valence-electron chi connectivity index (χ1n) is 4.43. The summed E-state index contributed by atoms with van der Waals surface area (Å²) in [6.45, 7) is 0. The standard InChI is InChI=1S/C10H4BrN5S/c11-9-15-16-10(17-9)14-8-2-1-6(4-12)7(3-8)5-13/h1-3H,(H,14,16). The molecule has 0 amide bonds. The van der Waals surface area contributed by atoms with Gasteiger partial charge in [-0.05, 0) is 34.1 Å². The van der Waals surface area contributed by atoms with Crippen LogP contribution in [0.25, 0.3) is 0 Å². The minimum Gasteiger partial charge on any atom is -0.330 e. The van der Waals surface area contributed by atoms with E-state index in [4.69, 9.17) is 10.5 Å². The molecule has 0 aliphatic rings. The highest BCUT2D eigenvalue weighted by atomic mass is 79.9. The number of anilines is 2. The highest BCUT2D eigenvalue weighted by Crippen LogP contribution is 2.24. The molecule has 7 heteroatoms. The smallest absolute Gasteiger partial charge is 0.210 e. The van der Waals surface area contributed by atoms with E-state index in [2.05, 4.69) is 31.4 Å². The molecule has 0 bridgehead atoms. The summed E-state index contributed by atoms with van der Waals surface area (Å²) < 4.78 is 0.675. The van der Waals surface area contributed by atoms with Gasteiger partial charge in [-0.2, -0.15) is 10.5 Å². The number of nitrogens with zero attached hydrogens (tertiary/aromatic N) is 4. The van der Waals surface area contributed by atoms with E-state index in [-0.39, 0.29) is 0 Å². The van der Waals surface area contributed by atoms with Crippen LogP contribution in [0.15, 0.2) is 22.1 Å². The first kappa shape index (κ1) is 11.5. The summed E-state index contributed by atoms with van der Waals surface area (Å²) in [6.07, 6.45) is 0. The molecule has 0 radical (unpaired) electrons. The Morgan fingerprint density at radius 2 is 1.94 bits per heavy atom. The Morgan fingerprint density at radius 3 is 2.53 bits per heavy atom. The Hall–Kier alpha value is -1.96. The molecule has 0 saturated heterocycles. The van der Waals surface area contributed by atoms with Crippen LogP contribution in [0, 0.1) is 22.7 Å². The molecule has 0 unspecified atom stereocenters. The maximum absolute atomic E-state index is 8.88. The zero-order valence-corrected chi connectivity index (χ0v) is 10.7. The van der Waals surface area contributed by atoms with Crippen molar-refractivity contribution in [1.29, 1.82) is 10.5 Å². The number of hydrogen-bond acceptors (Lipinski definition) is 6. The van der Waals surface area contributed by atoms with Crippen molar-refractivity contribution in [1.82, 2.24) is 10.2 Å². The van der Waals surface area contributed by atoms with Crippen LogP contribution in [-0.4, -0.2) is 10.2 Å². The summed E-state index contributed by atoms with van der Waals surface area (Å²) in [5.41, 5.74) is 1.39. The van der Waals surface area contributed by atoms with Gasteiger partial charge < -0.3 is 5.32 Å². The van der Waals surface area contributed by atoms with Gasteiger partial charge in [-0.15, -0.1) is 10.2 Å². The van der Waals surface area contributed by atoms with Gasteiger partial charge in [0.1, 0.15) is 12.1 Å². The third kappa shape index (κ3) is 2.59. The van der Waals surface area contributed by atoms with Crippen LogP contribution >= 0.6 is 27.3 Å². The number of aromatic nitrogens is 2. The second kappa shape index (κ2) is 4.91. The predicted molar refractivity (Wildman–Crippen MR) is 66.8 cm³/mol. The molecule has 82 valence electrons. The Labute approximate surface area is 109 Å². The maximum Gasteiger partial charge on any atom is 0.210 e. The summed E-state index contributed by atoms with van der Waals surface area (Å²) in [7, 11) is 0. The zero-order valence-electron chi connectivity index (χ0n) is 8.31. The largest absolute Gasteiger partial charge is 0.330 e. The number of halogens is 1. The molecule has 1 heterocycles. The molecule has 0 aliphatic carbocycles. The normalized spacial score (nSPS) is 9.35. The third-order valence-electron chi connectivity index (χ3n) is 1.91. The molecular formula is C10H4BrN5S. The number of benzene rings is 1. The molecule has 5 nitrogen and oxygen atoms in total. The zero-order chi connectivity index (χ0) is 12.3. The number of hydrogen-bond donors (Lipinski definition) is 1. The Balaban J connectivity index is 2.30. The van der Waals surface area contributed by atoms with Crippen molar-refractivity contribution in [3.8, 4) is 12.1 Å². The van der Waals surface area contributed by atoms with Crippen molar-refractivity contribution < 1.29 is 0 Å². The summed E-state index contributed by atoms with van der Waals surface area (Å²) in [6, 6.07) is 8.85. The predicted octanol–water partition coefficient (Wildman–Crippen LogP) is 2.79. The number of nitrogens with one attached hydrogen (secondary N) is 1. The van der Waals surface area contributed by atoms with E-state index in [0.717, 1.165) is 0 Å². The van der Waals surface area contributed by atoms with Gasteiger partial charge >= 0.3 is 0 Å². The van der Waals surface area contributed by atoms with E-state index in [1.807, 2.05) is 12.1 Å². The van der Waals surface area contributed by atoms with E-state index < -0.39 is 0 Å². The van der Waals surface area contributed by atoms with Crippen LogP contribution in [0.3, 0.4) is 0 Å². The highest BCUT2D eigenvalue weighted by molar-refractivity contribution is 9.11. The average Bonchev–Trinajstić information content (AvgIpc) is 2.74. The first-order chi connectivity index (χ1) is 8.22. The van der Waals surface area contributed by atoms with Crippen molar-refractivity contribution >= 4 is 38.1 Å². The van der Waals surface area contributed by atoms with Crippen LogP contribution in [0.1, 0.15) is 11.1 Å². The molecule has 0 saturated carbocycles. The van der Waals surface area contributed by atoms with Gasteiger partial charge in [0.25, 0.3) is 0 Å². The molecule has 1 aromatic heterocycles. The highest BCUT2D eigenvalue weighted by Gasteiger charge is 2.05. The summed E-state index contributed by atoms with van der Waals surface area (Å²) >= 11 is 4.55. The Morgan fingerprint density at radius 1 is 1.18 bits per heavy atom. The van der Waals surface area contributed by atoms with E-state index >= 15 is 0 Å². The Bertz CT molecular complexity index is 637. The second-order valence-electron chi connectivity index (χ2n) is 2.97. The van der Waals surface area contributed by atoms with Crippen molar-refractivity contribution in [3.05, 3.63) is 33.2 Å². The van der Waals surface area contributed by atoms with Gasteiger partial charge in [0.05, 0.1) is 11.1 Å². The molecule has 2 rings (SSSR count). The molecule has 0 aliphatic heterocycles. The number of nitriles is 2.